The first kappa shape index (κ1) is 13.0. The Balaban J connectivity index is 2.29. The number of nitrogens with two attached hydrogens (primary N) is 1. The lowest BCUT2D eigenvalue weighted by Crippen LogP contribution is -2.32. The number of nitro benzene ring substituents is 1. The van der Waals surface area contributed by atoms with Crippen LogP contribution in [0, 0.1) is 10.1 Å². The first-order chi connectivity index (χ1) is 8.49. The minimum absolute atomic E-state index is 0.00794. The van der Waals surface area contributed by atoms with Crippen LogP contribution in [0.1, 0.15) is 16.8 Å². The molecule has 6 nitrogen and oxygen atoms in total. The number of amides is 1. The molecule has 0 aliphatic carbocycles. The summed E-state index contributed by atoms with van der Waals surface area (Å²) in [6.07, 6.45) is 0.762. The average molecular weight is 314 g/mol. The van der Waals surface area contributed by atoms with Gasteiger partial charge in [-0.2, -0.15) is 0 Å². The van der Waals surface area contributed by atoms with Gasteiger partial charge in [0.05, 0.1) is 10.5 Å². The van der Waals surface area contributed by atoms with E-state index in [-0.39, 0.29) is 17.6 Å². The molecule has 1 amide bonds. The molecular weight excluding hydrogens is 302 g/mol. The Morgan fingerprint density at radius 2 is 2.28 bits per heavy atom. The Labute approximate surface area is 112 Å². The number of likely N-dealkylation sites (tertiary alicyclic amines) is 1. The molecule has 7 heteroatoms. The van der Waals surface area contributed by atoms with Gasteiger partial charge < -0.3 is 10.6 Å². The maximum absolute atomic E-state index is 12.2. The number of hydrogen-bond acceptors (Lipinski definition) is 4. The molecule has 0 bridgehead atoms. The largest absolute Gasteiger partial charge is 0.337 e. The normalized spacial score (nSPS) is 19.0. The second kappa shape index (κ2) is 5.03. The van der Waals surface area contributed by atoms with E-state index in [4.69, 9.17) is 5.73 Å². The molecule has 0 saturated carbocycles. The van der Waals surface area contributed by atoms with Gasteiger partial charge in [-0.3, -0.25) is 14.9 Å². The van der Waals surface area contributed by atoms with Crippen LogP contribution in [0.5, 0.6) is 0 Å². The lowest BCUT2D eigenvalue weighted by molar-refractivity contribution is -0.384. The van der Waals surface area contributed by atoms with E-state index in [9.17, 15) is 14.9 Å². The predicted octanol–water partition coefficient (Wildman–Crippen LogP) is 1.53. The number of nitro groups is 1. The monoisotopic (exact) mass is 313 g/mol. The summed E-state index contributed by atoms with van der Waals surface area (Å²) in [4.78, 5) is 24.0. The second-order valence-corrected chi connectivity index (χ2v) is 5.08. The van der Waals surface area contributed by atoms with Gasteiger partial charge in [0.1, 0.15) is 0 Å². The van der Waals surface area contributed by atoms with Crippen LogP contribution in [-0.4, -0.2) is 34.9 Å². The van der Waals surface area contributed by atoms with E-state index in [2.05, 4.69) is 15.9 Å². The lowest BCUT2D eigenvalue weighted by atomic mass is 10.2. The highest BCUT2D eigenvalue weighted by Gasteiger charge is 2.26. The van der Waals surface area contributed by atoms with Crippen LogP contribution >= 0.6 is 15.9 Å². The molecule has 1 heterocycles. The van der Waals surface area contributed by atoms with Crippen LogP contribution in [0.15, 0.2) is 22.7 Å². The van der Waals surface area contributed by atoms with Crippen molar-refractivity contribution in [2.75, 3.05) is 13.1 Å². The third-order valence-electron chi connectivity index (χ3n) is 2.90. The quantitative estimate of drug-likeness (QED) is 0.662. The molecular formula is C11H12BrN3O3. The topological polar surface area (TPSA) is 89.5 Å². The van der Waals surface area contributed by atoms with Gasteiger partial charge in [-0.05, 0) is 28.4 Å². The van der Waals surface area contributed by atoms with Gasteiger partial charge in [-0.25, -0.2) is 0 Å². The van der Waals surface area contributed by atoms with Crippen molar-refractivity contribution in [3.63, 3.8) is 0 Å². The van der Waals surface area contributed by atoms with Gasteiger partial charge in [0.15, 0.2) is 0 Å². The van der Waals surface area contributed by atoms with Crippen LogP contribution in [0.3, 0.4) is 0 Å². The summed E-state index contributed by atoms with van der Waals surface area (Å²) < 4.78 is 0.554. The molecule has 1 aliphatic rings. The average Bonchev–Trinajstić information content (AvgIpc) is 2.75. The van der Waals surface area contributed by atoms with Crippen LogP contribution in [0.25, 0.3) is 0 Å². The number of non-ortho nitro benzene ring substituents is 1. The van der Waals surface area contributed by atoms with Crippen molar-refractivity contribution in [2.45, 2.75) is 12.5 Å². The lowest BCUT2D eigenvalue weighted by Gasteiger charge is -2.16. The van der Waals surface area contributed by atoms with Crippen molar-refractivity contribution in [1.82, 2.24) is 4.90 Å². The molecule has 0 aromatic heterocycles. The van der Waals surface area contributed by atoms with Gasteiger partial charge in [0, 0.05) is 35.7 Å². The van der Waals surface area contributed by atoms with Crippen LogP contribution in [0.2, 0.25) is 0 Å². The Morgan fingerprint density at radius 3 is 2.83 bits per heavy atom. The fraction of sp³-hybridized carbons (Fsp3) is 0.364. The SMILES string of the molecule is N[C@@H]1CCN(C(=O)c2cc([N+](=O)[O-])ccc2Br)C1. The van der Waals surface area contributed by atoms with Crippen molar-refractivity contribution in [2.24, 2.45) is 5.73 Å². The molecule has 18 heavy (non-hydrogen) atoms. The fourth-order valence-electron chi connectivity index (χ4n) is 1.93. The summed E-state index contributed by atoms with van der Waals surface area (Å²) in [5.74, 6) is -0.224. The molecule has 1 aromatic rings. The van der Waals surface area contributed by atoms with E-state index in [0.29, 0.717) is 23.1 Å². The predicted molar refractivity (Wildman–Crippen MR) is 69.3 cm³/mol. The Kier molecular flexibility index (Phi) is 3.63. The highest BCUT2D eigenvalue weighted by Crippen LogP contribution is 2.25. The minimum Gasteiger partial charge on any atom is -0.337 e. The zero-order valence-electron chi connectivity index (χ0n) is 9.51. The van der Waals surface area contributed by atoms with Crippen LogP contribution < -0.4 is 5.73 Å². The van der Waals surface area contributed by atoms with E-state index in [0.717, 1.165) is 6.42 Å². The van der Waals surface area contributed by atoms with Gasteiger partial charge in [-0.15, -0.1) is 0 Å². The van der Waals surface area contributed by atoms with E-state index >= 15 is 0 Å². The number of carbonyl (C=O) groups is 1. The molecule has 2 rings (SSSR count). The number of nitrogens with zero attached hydrogens (tertiary/aromatic N) is 2. The van der Waals surface area contributed by atoms with E-state index < -0.39 is 4.92 Å². The highest BCUT2D eigenvalue weighted by atomic mass is 79.9. The van der Waals surface area contributed by atoms with Gasteiger partial charge in [0.2, 0.25) is 0 Å². The summed E-state index contributed by atoms with van der Waals surface area (Å²) in [7, 11) is 0. The summed E-state index contributed by atoms with van der Waals surface area (Å²) >= 11 is 3.24. The van der Waals surface area contributed by atoms with Crippen molar-refractivity contribution in [3.05, 3.63) is 38.3 Å². The molecule has 1 atom stereocenters. The molecule has 0 unspecified atom stereocenters. The highest BCUT2D eigenvalue weighted by molar-refractivity contribution is 9.10. The number of rotatable bonds is 2. The third-order valence-corrected chi connectivity index (χ3v) is 3.59. The van der Waals surface area contributed by atoms with Crippen LogP contribution in [0.4, 0.5) is 5.69 Å². The molecule has 1 aliphatic heterocycles. The second-order valence-electron chi connectivity index (χ2n) is 4.22. The van der Waals surface area contributed by atoms with Crippen molar-refractivity contribution < 1.29 is 9.72 Å². The number of carbonyl (C=O) groups excluding carboxylic acids is 1. The van der Waals surface area contributed by atoms with Crippen molar-refractivity contribution in [1.29, 1.82) is 0 Å². The van der Waals surface area contributed by atoms with Gasteiger partial charge in [0.25, 0.3) is 11.6 Å². The standard InChI is InChI=1S/C11H12BrN3O3/c12-10-2-1-8(15(17)18)5-9(10)11(16)14-4-3-7(13)6-14/h1-2,5,7H,3-4,6,13H2/t7-/m1/s1. The van der Waals surface area contributed by atoms with E-state index in [1.54, 1.807) is 4.90 Å². The van der Waals surface area contributed by atoms with Crippen molar-refractivity contribution in [3.8, 4) is 0 Å². The fourth-order valence-corrected chi connectivity index (χ4v) is 2.35. The first-order valence-corrected chi connectivity index (χ1v) is 6.27. The number of halogens is 1. The van der Waals surface area contributed by atoms with E-state index in [1.165, 1.54) is 18.2 Å². The molecule has 0 spiro atoms. The molecule has 1 saturated heterocycles. The summed E-state index contributed by atoms with van der Waals surface area (Å²) in [6.45, 7) is 1.09. The maximum Gasteiger partial charge on any atom is 0.270 e. The van der Waals surface area contributed by atoms with Crippen LogP contribution in [-0.2, 0) is 0 Å². The molecule has 1 fully saturated rings. The summed E-state index contributed by atoms with van der Waals surface area (Å²) in [5, 5.41) is 10.7. The Bertz CT molecular complexity index is 506. The molecule has 96 valence electrons. The minimum atomic E-state index is -0.515. The maximum atomic E-state index is 12.2. The molecule has 0 radical (unpaired) electrons. The Morgan fingerprint density at radius 1 is 1.56 bits per heavy atom. The number of benzene rings is 1. The zero-order chi connectivity index (χ0) is 13.3. The smallest absolute Gasteiger partial charge is 0.270 e. The summed E-state index contributed by atoms with van der Waals surface area (Å²) in [6, 6.07) is 4.15. The van der Waals surface area contributed by atoms with Gasteiger partial charge in [-0.1, -0.05) is 0 Å². The first-order valence-electron chi connectivity index (χ1n) is 5.48. The number of hydrogen-bond donors (Lipinski definition) is 1. The Hall–Kier alpha value is -1.47. The molecule has 1 aromatic carbocycles. The van der Waals surface area contributed by atoms with Crippen molar-refractivity contribution >= 4 is 27.5 Å². The van der Waals surface area contributed by atoms with E-state index in [1.807, 2.05) is 0 Å². The third kappa shape index (κ3) is 2.51. The summed E-state index contributed by atoms with van der Waals surface area (Å²) in [5.41, 5.74) is 5.95. The zero-order valence-corrected chi connectivity index (χ0v) is 11.1. The van der Waals surface area contributed by atoms with Gasteiger partial charge >= 0.3 is 0 Å². The molecule has 2 N–H and O–H groups in total.